The summed E-state index contributed by atoms with van der Waals surface area (Å²) < 4.78 is 1.87. The molecule has 2 aromatic rings. The van der Waals surface area contributed by atoms with Gasteiger partial charge < -0.3 is 14.6 Å². The van der Waals surface area contributed by atoms with E-state index in [0.717, 1.165) is 35.7 Å². The monoisotopic (exact) mass is 333 g/mol. The fourth-order valence-corrected chi connectivity index (χ4v) is 3.79. The van der Waals surface area contributed by atoms with Crippen molar-refractivity contribution in [3.63, 3.8) is 0 Å². The second kappa shape index (κ2) is 6.45. The molecular formula is C17H23N3O2S. The summed E-state index contributed by atoms with van der Waals surface area (Å²) in [5.41, 5.74) is 2.57. The highest BCUT2D eigenvalue weighted by Gasteiger charge is 2.28. The number of piperidine rings is 1. The number of aliphatic hydroxyl groups is 1. The highest BCUT2D eigenvalue weighted by atomic mass is 32.1. The maximum Gasteiger partial charge on any atom is 0.270 e. The van der Waals surface area contributed by atoms with Crippen molar-refractivity contribution in [3.8, 4) is 11.3 Å². The normalized spacial score (nSPS) is 19.8. The van der Waals surface area contributed by atoms with Crippen molar-refractivity contribution in [3.05, 3.63) is 28.3 Å². The summed E-state index contributed by atoms with van der Waals surface area (Å²) in [5, 5.41) is 12.8. The average Bonchev–Trinajstić information content (AvgIpc) is 3.12. The van der Waals surface area contributed by atoms with E-state index in [9.17, 15) is 9.90 Å². The number of likely N-dealkylation sites (tertiary alicyclic amines) is 1. The minimum Gasteiger partial charge on any atom is -0.393 e. The van der Waals surface area contributed by atoms with Crippen molar-refractivity contribution in [2.75, 3.05) is 13.1 Å². The van der Waals surface area contributed by atoms with Crippen LogP contribution in [0.15, 0.2) is 17.6 Å². The van der Waals surface area contributed by atoms with Gasteiger partial charge in [-0.25, -0.2) is 4.98 Å². The number of rotatable bonds is 3. The van der Waals surface area contributed by atoms with E-state index >= 15 is 0 Å². The highest BCUT2D eigenvalue weighted by molar-refractivity contribution is 7.09. The largest absolute Gasteiger partial charge is 0.393 e. The smallest absolute Gasteiger partial charge is 0.270 e. The molecule has 1 saturated heterocycles. The summed E-state index contributed by atoms with van der Waals surface area (Å²) in [6.45, 7) is 5.18. The quantitative estimate of drug-likeness (QED) is 0.939. The molecule has 124 valence electrons. The van der Waals surface area contributed by atoms with Crippen LogP contribution in [0.25, 0.3) is 11.3 Å². The Labute approximate surface area is 140 Å². The summed E-state index contributed by atoms with van der Waals surface area (Å²) in [6, 6.07) is 1.92. The second-order valence-electron chi connectivity index (χ2n) is 6.37. The van der Waals surface area contributed by atoms with Gasteiger partial charge in [0.05, 0.1) is 16.8 Å². The third-order valence-electron chi connectivity index (χ3n) is 4.57. The van der Waals surface area contributed by atoms with E-state index in [0.29, 0.717) is 12.2 Å². The van der Waals surface area contributed by atoms with Crippen molar-refractivity contribution in [2.24, 2.45) is 13.0 Å². The maximum atomic E-state index is 12.8. The molecule has 0 aliphatic carbocycles. The van der Waals surface area contributed by atoms with Crippen LogP contribution < -0.4 is 0 Å². The van der Waals surface area contributed by atoms with E-state index in [2.05, 4.69) is 4.98 Å². The van der Waals surface area contributed by atoms with Crippen LogP contribution in [0, 0.1) is 12.8 Å². The molecular weight excluding hydrogens is 310 g/mol. The number of carbonyl (C=O) groups is 1. The predicted octanol–water partition coefficient (Wildman–Crippen LogP) is 2.69. The van der Waals surface area contributed by atoms with Gasteiger partial charge in [-0.2, -0.15) is 0 Å². The van der Waals surface area contributed by atoms with Crippen molar-refractivity contribution >= 4 is 17.2 Å². The molecule has 1 aliphatic rings. The van der Waals surface area contributed by atoms with Crippen LogP contribution >= 0.6 is 11.3 Å². The zero-order valence-electron chi connectivity index (χ0n) is 13.8. The number of thiazole rings is 1. The Morgan fingerprint density at radius 3 is 2.96 bits per heavy atom. The minimum absolute atomic E-state index is 0.0380. The Morgan fingerprint density at radius 2 is 2.30 bits per heavy atom. The molecule has 0 saturated carbocycles. The second-order valence-corrected chi connectivity index (χ2v) is 7.43. The van der Waals surface area contributed by atoms with Gasteiger partial charge in [-0.05, 0) is 32.8 Å². The SMILES string of the molecule is Cc1nc(-c2cc(C(=O)N3CCCC(C(C)O)C3)n(C)c2)cs1. The van der Waals surface area contributed by atoms with Gasteiger partial charge in [0.15, 0.2) is 0 Å². The van der Waals surface area contributed by atoms with Crippen LogP contribution in [0.4, 0.5) is 0 Å². The molecule has 3 rings (SSSR count). The third kappa shape index (κ3) is 3.33. The van der Waals surface area contributed by atoms with Gasteiger partial charge in [-0.1, -0.05) is 0 Å². The van der Waals surface area contributed by atoms with E-state index in [1.54, 1.807) is 11.3 Å². The van der Waals surface area contributed by atoms with Crippen molar-refractivity contribution in [1.29, 1.82) is 0 Å². The Hall–Kier alpha value is -1.66. The molecule has 0 aromatic carbocycles. The molecule has 1 N–H and O–H groups in total. The van der Waals surface area contributed by atoms with Gasteiger partial charge in [0, 0.05) is 43.2 Å². The topological polar surface area (TPSA) is 58.4 Å². The molecule has 3 heterocycles. The number of carbonyl (C=O) groups excluding carboxylic acids is 1. The van der Waals surface area contributed by atoms with E-state index < -0.39 is 0 Å². The van der Waals surface area contributed by atoms with Gasteiger partial charge in [0.25, 0.3) is 5.91 Å². The van der Waals surface area contributed by atoms with E-state index in [-0.39, 0.29) is 17.9 Å². The van der Waals surface area contributed by atoms with Crippen LogP contribution in [0.5, 0.6) is 0 Å². The molecule has 0 radical (unpaired) electrons. The number of amides is 1. The van der Waals surface area contributed by atoms with Crippen LogP contribution in [-0.2, 0) is 7.05 Å². The standard InChI is InChI=1S/C17H23N3O2S/c1-11(21)13-5-4-6-20(9-13)17(22)16-7-14(8-19(16)3)15-10-23-12(2)18-15/h7-8,10-11,13,21H,4-6,9H2,1-3H3. The summed E-state index contributed by atoms with van der Waals surface area (Å²) in [5.74, 6) is 0.213. The molecule has 23 heavy (non-hydrogen) atoms. The lowest BCUT2D eigenvalue weighted by atomic mass is 9.93. The summed E-state index contributed by atoms with van der Waals surface area (Å²) in [7, 11) is 1.89. The first kappa shape index (κ1) is 16.2. The first-order chi connectivity index (χ1) is 11.0. The van der Waals surface area contributed by atoms with E-state index in [1.165, 1.54) is 0 Å². The molecule has 5 nitrogen and oxygen atoms in total. The number of nitrogens with zero attached hydrogens (tertiary/aromatic N) is 3. The molecule has 2 atom stereocenters. The van der Waals surface area contributed by atoms with Crippen LogP contribution in [0.3, 0.4) is 0 Å². The van der Waals surface area contributed by atoms with Gasteiger partial charge in [0.1, 0.15) is 5.69 Å². The zero-order chi connectivity index (χ0) is 16.6. The molecule has 2 unspecified atom stereocenters. The molecule has 6 heteroatoms. The van der Waals surface area contributed by atoms with Crippen molar-refractivity contribution in [2.45, 2.75) is 32.8 Å². The molecule has 1 fully saturated rings. The number of aryl methyl sites for hydroxylation is 2. The minimum atomic E-state index is -0.368. The maximum absolute atomic E-state index is 12.8. The lowest BCUT2D eigenvalue weighted by molar-refractivity contribution is 0.0459. The molecule has 2 aromatic heterocycles. The van der Waals surface area contributed by atoms with Gasteiger partial charge in [-0.15, -0.1) is 11.3 Å². The Bertz CT molecular complexity index is 705. The number of aromatic nitrogens is 2. The van der Waals surface area contributed by atoms with Crippen LogP contribution in [0.2, 0.25) is 0 Å². The average molecular weight is 333 g/mol. The molecule has 1 aliphatic heterocycles. The number of hydrogen-bond donors (Lipinski definition) is 1. The predicted molar refractivity (Wildman–Crippen MR) is 91.6 cm³/mol. The van der Waals surface area contributed by atoms with Crippen LogP contribution in [0.1, 0.15) is 35.3 Å². The summed E-state index contributed by atoms with van der Waals surface area (Å²) in [4.78, 5) is 19.2. The van der Waals surface area contributed by atoms with Gasteiger partial charge in [-0.3, -0.25) is 4.79 Å². The van der Waals surface area contributed by atoms with Crippen molar-refractivity contribution < 1.29 is 9.90 Å². The summed E-state index contributed by atoms with van der Waals surface area (Å²) >= 11 is 1.61. The lowest BCUT2D eigenvalue weighted by Crippen LogP contribution is -2.43. The fraction of sp³-hybridized carbons (Fsp3) is 0.529. The first-order valence-electron chi connectivity index (χ1n) is 8.02. The highest BCUT2D eigenvalue weighted by Crippen LogP contribution is 2.26. The lowest BCUT2D eigenvalue weighted by Gasteiger charge is -2.34. The Kier molecular flexibility index (Phi) is 4.55. The molecule has 1 amide bonds. The first-order valence-corrected chi connectivity index (χ1v) is 8.90. The number of aliphatic hydroxyl groups excluding tert-OH is 1. The van der Waals surface area contributed by atoms with Crippen LogP contribution in [-0.4, -0.2) is 44.7 Å². The Morgan fingerprint density at radius 1 is 1.52 bits per heavy atom. The van der Waals surface area contributed by atoms with Gasteiger partial charge >= 0.3 is 0 Å². The van der Waals surface area contributed by atoms with E-state index in [4.69, 9.17) is 0 Å². The number of hydrogen-bond acceptors (Lipinski definition) is 4. The third-order valence-corrected chi connectivity index (χ3v) is 5.34. The van der Waals surface area contributed by atoms with Gasteiger partial charge in [0.2, 0.25) is 0 Å². The summed E-state index contributed by atoms with van der Waals surface area (Å²) in [6.07, 6.45) is 3.52. The van der Waals surface area contributed by atoms with Crippen molar-refractivity contribution in [1.82, 2.24) is 14.5 Å². The molecule has 0 bridgehead atoms. The fourth-order valence-electron chi connectivity index (χ4n) is 3.16. The van der Waals surface area contributed by atoms with E-state index in [1.807, 2.05) is 48.0 Å². The molecule has 0 spiro atoms. The Balaban J connectivity index is 1.81. The zero-order valence-corrected chi connectivity index (χ0v) is 14.6.